The molecule has 0 aliphatic rings. The maximum absolute atomic E-state index is 11.3. The lowest BCUT2D eigenvalue weighted by Crippen LogP contribution is -2.05. The zero-order chi connectivity index (χ0) is 11.3. The van der Waals surface area contributed by atoms with Crippen molar-refractivity contribution in [3.05, 3.63) is 42.0 Å². The number of benzene rings is 1. The predicted molar refractivity (Wildman–Crippen MR) is 56.8 cm³/mol. The molecule has 0 saturated heterocycles. The molecule has 76 valence electrons. The summed E-state index contributed by atoms with van der Waals surface area (Å²) in [5.41, 5.74) is 1.39. The summed E-state index contributed by atoms with van der Waals surface area (Å²) in [6.07, 6.45) is 0. The van der Waals surface area contributed by atoms with Gasteiger partial charge in [0.25, 0.3) is 0 Å². The fourth-order valence-electron chi connectivity index (χ4n) is 1.11. The van der Waals surface area contributed by atoms with Crippen LogP contribution in [0.4, 0.5) is 0 Å². The van der Waals surface area contributed by atoms with Gasteiger partial charge in [-0.15, -0.1) is 0 Å². The summed E-state index contributed by atoms with van der Waals surface area (Å²) in [6.45, 7) is 5.68. The second-order valence-electron chi connectivity index (χ2n) is 2.89. The van der Waals surface area contributed by atoms with E-state index >= 15 is 0 Å². The van der Waals surface area contributed by atoms with E-state index in [9.17, 15) is 4.79 Å². The van der Waals surface area contributed by atoms with Crippen LogP contribution in [0, 0.1) is 11.3 Å². The van der Waals surface area contributed by atoms with E-state index < -0.39 is 5.97 Å². The van der Waals surface area contributed by atoms with Gasteiger partial charge in [-0.3, -0.25) is 0 Å². The van der Waals surface area contributed by atoms with Gasteiger partial charge in [-0.25, -0.2) is 4.79 Å². The number of hydrogen-bond acceptors (Lipinski definition) is 3. The van der Waals surface area contributed by atoms with E-state index in [2.05, 4.69) is 6.58 Å². The third-order valence-corrected chi connectivity index (χ3v) is 1.86. The molecule has 1 rings (SSSR count). The molecule has 0 saturated carbocycles. The Hall–Kier alpha value is -2.08. The molecule has 1 aromatic carbocycles. The molecule has 3 nitrogen and oxygen atoms in total. The highest BCUT2D eigenvalue weighted by molar-refractivity contribution is 6.15. The smallest absolute Gasteiger partial charge is 0.338 e. The van der Waals surface area contributed by atoms with Crippen molar-refractivity contribution in [1.29, 1.82) is 5.26 Å². The Morgan fingerprint density at radius 1 is 1.60 bits per heavy atom. The standard InChI is InChI=1S/C12H11NO2/c1-3-15-12(14)9(2)11-6-4-5-10(7-11)8-13/h4-7H,2-3H2,1H3. The van der Waals surface area contributed by atoms with Gasteiger partial charge in [-0.2, -0.15) is 5.26 Å². The molecule has 0 heterocycles. The predicted octanol–water partition coefficient (Wildman–Crippen LogP) is 2.13. The van der Waals surface area contributed by atoms with E-state index in [0.717, 1.165) is 0 Å². The molecule has 0 aliphatic heterocycles. The number of rotatable bonds is 3. The summed E-state index contributed by atoms with van der Waals surface area (Å²) >= 11 is 0. The zero-order valence-corrected chi connectivity index (χ0v) is 8.49. The van der Waals surface area contributed by atoms with Crippen LogP contribution >= 0.6 is 0 Å². The number of ether oxygens (including phenoxy) is 1. The van der Waals surface area contributed by atoms with Crippen LogP contribution in [0.1, 0.15) is 18.1 Å². The highest BCUT2D eigenvalue weighted by Gasteiger charge is 2.10. The van der Waals surface area contributed by atoms with E-state index in [1.165, 1.54) is 0 Å². The second kappa shape index (κ2) is 4.97. The summed E-state index contributed by atoms with van der Waals surface area (Å²) in [5.74, 6) is -0.451. The van der Waals surface area contributed by atoms with E-state index in [-0.39, 0.29) is 5.57 Å². The minimum absolute atomic E-state index is 0.272. The van der Waals surface area contributed by atoms with Gasteiger partial charge in [-0.1, -0.05) is 18.7 Å². The molecule has 0 aromatic heterocycles. The van der Waals surface area contributed by atoms with Crippen LogP contribution < -0.4 is 0 Å². The van der Waals surface area contributed by atoms with Gasteiger partial charge in [-0.05, 0) is 24.6 Å². The number of nitrogens with zero attached hydrogens (tertiary/aromatic N) is 1. The third-order valence-electron chi connectivity index (χ3n) is 1.86. The molecule has 0 N–H and O–H groups in total. The maximum Gasteiger partial charge on any atom is 0.338 e. The topological polar surface area (TPSA) is 50.1 Å². The van der Waals surface area contributed by atoms with Gasteiger partial charge in [0.2, 0.25) is 0 Å². The van der Waals surface area contributed by atoms with Crippen molar-refractivity contribution in [2.75, 3.05) is 6.61 Å². The Labute approximate surface area is 88.6 Å². The van der Waals surface area contributed by atoms with Gasteiger partial charge in [0.15, 0.2) is 0 Å². The molecule has 0 unspecified atom stereocenters. The molecular formula is C12H11NO2. The van der Waals surface area contributed by atoms with Crippen LogP contribution in [-0.4, -0.2) is 12.6 Å². The molecule has 0 spiro atoms. The van der Waals surface area contributed by atoms with Gasteiger partial charge in [0.1, 0.15) is 0 Å². The number of carbonyl (C=O) groups is 1. The van der Waals surface area contributed by atoms with Crippen LogP contribution in [0.2, 0.25) is 0 Å². The van der Waals surface area contributed by atoms with Crippen molar-refractivity contribution >= 4 is 11.5 Å². The van der Waals surface area contributed by atoms with Gasteiger partial charge in [0, 0.05) is 0 Å². The largest absolute Gasteiger partial charge is 0.462 e. The Morgan fingerprint density at radius 3 is 2.93 bits per heavy atom. The monoisotopic (exact) mass is 201 g/mol. The summed E-state index contributed by atoms with van der Waals surface area (Å²) in [7, 11) is 0. The molecule has 0 amide bonds. The maximum atomic E-state index is 11.3. The Balaban J connectivity index is 2.92. The summed E-state index contributed by atoms with van der Waals surface area (Å²) < 4.78 is 4.81. The van der Waals surface area contributed by atoms with E-state index in [1.807, 2.05) is 6.07 Å². The van der Waals surface area contributed by atoms with Crippen molar-refractivity contribution in [1.82, 2.24) is 0 Å². The average molecular weight is 201 g/mol. The number of hydrogen-bond donors (Lipinski definition) is 0. The van der Waals surface area contributed by atoms with Crippen LogP contribution in [0.15, 0.2) is 30.8 Å². The lowest BCUT2D eigenvalue weighted by atomic mass is 10.1. The van der Waals surface area contributed by atoms with Gasteiger partial charge >= 0.3 is 5.97 Å². The average Bonchev–Trinajstić information content (AvgIpc) is 2.28. The summed E-state index contributed by atoms with van der Waals surface area (Å²) in [4.78, 5) is 11.3. The summed E-state index contributed by atoms with van der Waals surface area (Å²) in [6, 6.07) is 8.71. The second-order valence-corrected chi connectivity index (χ2v) is 2.89. The lowest BCUT2D eigenvalue weighted by molar-refractivity contribution is -0.136. The van der Waals surface area contributed by atoms with Crippen LogP contribution in [0.3, 0.4) is 0 Å². The fraction of sp³-hybridized carbons (Fsp3) is 0.167. The Bertz CT molecular complexity index is 429. The molecule has 0 aliphatic carbocycles. The molecule has 0 radical (unpaired) electrons. The molecule has 15 heavy (non-hydrogen) atoms. The zero-order valence-electron chi connectivity index (χ0n) is 8.49. The quantitative estimate of drug-likeness (QED) is 0.556. The molecule has 0 atom stereocenters. The fourth-order valence-corrected chi connectivity index (χ4v) is 1.11. The molecule has 1 aromatic rings. The Morgan fingerprint density at radius 2 is 2.33 bits per heavy atom. The van der Waals surface area contributed by atoms with Gasteiger partial charge in [0.05, 0.1) is 23.8 Å². The first kappa shape index (κ1) is 11.0. The van der Waals surface area contributed by atoms with Crippen molar-refractivity contribution in [2.24, 2.45) is 0 Å². The van der Waals surface area contributed by atoms with Crippen molar-refractivity contribution in [3.8, 4) is 6.07 Å². The first-order valence-corrected chi connectivity index (χ1v) is 4.55. The molecule has 3 heteroatoms. The van der Waals surface area contributed by atoms with E-state index in [4.69, 9.17) is 10.00 Å². The normalized spacial score (nSPS) is 9.07. The minimum Gasteiger partial charge on any atom is -0.462 e. The van der Waals surface area contributed by atoms with Crippen molar-refractivity contribution in [2.45, 2.75) is 6.92 Å². The minimum atomic E-state index is -0.451. The van der Waals surface area contributed by atoms with Crippen LogP contribution in [0.5, 0.6) is 0 Å². The highest BCUT2D eigenvalue weighted by Crippen LogP contribution is 2.15. The highest BCUT2D eigenvalue weighted by atomic mass is 16.5. The summed E-state index contributed by atoms with van der Waals surface area (Å²) in [5, 5.41) is 8.69. The van der Waals surface area contributed by atoms with Gasteiger partial charge < -0.3 is 4.74 Å². The number of carbonyl (C=O) groups excluding carboxylic acids is 1. The number of nitriles is 1. The first-order valence-electron chi connectivity index (χ1n) is 4.55. The van der Waals surface area contributed by atoms with Crippen LogP contribution in [0.25, 0.3) is 5.57 Å². The van der Waals surface area contributed by atoms with E-state index in [1.54, 1.807) is 31.2 Å². The first-order chi connectivity index (χ1) is 7.19. The van der Waals surface area contributed by atoms with Crippen LogP contribution in [-0.2, 0) is 9.53 Å². The van der Waals surface area contributed by atoms with E-state index in [0.29, 0.717) is 17.7 Å². The molecular weight excluding hydrogens is 190 g/mol. The third kappa shape index (κ3) is 2.68. The lowest BCUT2D eigenvalue weighted by Gasteiger charge is -2.05. The van der Waals surface area contributed by atoms with Crippen molar-refractivity contribution < 1.29 is 9.53 Å². The molecule has 0 bridgehead atoms. The Kier molecular flexibility index (Phi) is 3.64. The number of esters is 1. The molecule has 0 fully saturated rings. The SMILES string of the molecule is C=C(C(=O)OCC)c1cccc(C#N)c1. The van der Waals surface area contributed by atoms with Crippen molar-refractivity contribution in [3.63, 3.8) is 0 Å².